The van der Waals surface area contributed by atoms with Gasteiger partial charge in [0.1, 0.15) is 12.3 Å². The van der Waals surface area contributed by atoms with Gasteiger partial charge in [0.05, 0.1) is 11.7 Å². The third-order valence-electron chi connectivity index (χ3n) is 5.16. The van der Waals surface area contributed by atoms with E-state index in [2.05, 4.69) is 5.32 Å². The molecule has 0 spiro atoms. The summed E-state index contributed by atoms with van der Waals surface area (Å²) < 4.78 is 5.66. The Kier molecular flexibility index (Phi) is 5.24. The number of carbonyl (C=O) groups excluding carboxylic acids is 2. The Morgan fingerprint density at radius 3 is 2.89 bits per heavy atom. The van der Waals surface area contributed by atoms with E-state index in [9.17, 15) is 9.59 Å². The van der Waals surface area contributed by atoms with E-state index < -0.39 is 6.10 Å². The fourth-order valence-corrected chi connectivity index (χ4v) is 3.96. The largest absolute Gasteiger partial charge is 0.479 e. The van der Waals surface area contributed by atoms with Crippen LogP contribution in [0.4, 0.5) is 5.69 Å². The molecule has 6 nitrogen and oxygen atoms in total. The van der Waals surface area contributed by atoms with Crippen molar-refractivity contribution >= 4 is 29.1 Å². The molecule has 1 N–H and O–H groups in total. The van der Waals surface area contributed by atoms with Crippen molar-refractivity contribution in [1.82, 2.24) is 10.2 Å². The van der Waals surface area contributed by atoms with Crippen molar-refractivity contribution in [2.45, 2.75) is 19.1 Å². The van der Waals surface area contributed by atoms with Gasteiger partial charge >= 0.3 is 0 Å². The average Bonchev–Trinajstić information content (AvgIpc) is 2.71. The van der Waals surface area contributed by atoms with E-state index >= 15 is 0 Å². The minimum absolute atomic E-state index is 0.0133. The zero-order valence-electron chi connectivity index (χ0n) is 15.6. The lowest BCUT2D eigenvalue weighted by atomic mass is 10.0. The number of nitrogens with zero attached hydrogens (tertiary/aromatic N) is 2. The summed E-state index contributed by atoms with van der Waals surface area (Å²) in [6.45, 7) is 3.63. The predicted octanol–water partition coefficient (Wildman–Crippen LogP) is 2.63. The van der Waals surface area contributed by atoms with Gasteiger partial charge in [-0.3, -0.25) is 14.5 Å². The summed E-state index contributed by atoms with van der Waals surface area (Å²) >= 11 is 6.15. The van der Waals surface area contributed by atoms with Crippen LogP contribution in [0.1, 0.15) is 18.5 Å². The monoisotopic (exact) mass is 399 g/mol. The van der Waals surface area contributed by atoms with Gasteiger partial charge < -0.3 is 15.0 Å². The van der Waals surface area contributed by atoms with Gasteiger partial charge in [-0.2, -0.15) is 0 Å². The van der Waals surface area contributed by atoms with Crippen LogP contribution >= 0.6 is 11.6 Å². The second kappa shape index (κ2) is 7.81. The van der Waals surface area contributed by atoms with Crippen molar-refractivity contribution in [1.29, 1.82) is 0 Å². The molecule has 28 heavy (non-hydrogen) atoms. The number of nitrogens with one attached hydrogen (secondary N) is 1. The molecule has 146 valence electrons. The highest BCUT2D eigenvalue weighted by Gasteiger charge is 2.35. The van der Waals surface area contributed by atoms with Crippen LogP contribution in [0.2, 0.25) is 5.02 Å². The summed E-state index contributed by atoms with van der Waals surface area (Å²) in [6.07, 6.45) is -0.616. The molecule has 2 aromatic carbocycles. The number of hydrogen-bond donors (Lipinski definition) is 1. The number of rotatable bonds is 3. The molecule has 0 aromatic heterocycles. The summed E-state index contributed by atoms with van der Waals surface area (Å²) in [5.41, 5.74) is 1.61. The Labute approximate surface area is 169 Å². The first-order chi connectivity index (χ1) is 13.5. The third-order valence-corrected chi connectivity index (χ3v) is 5.40. The van der Waals surface area contributed by atoms with Crippen molar-refractivity contribution in [3.63, 3.8) is 0 Å². The smallest absolute Gasteiger partial charge is 0.268 e. The Balaban J connectivity index is 1.59. The molecule has 0 aliphatic carbocycles. The van der Waals surface area contributed by atoms with Crippen LogP contribution in [0.5, 0.6) is 5.75 Å². The number of benzene rings is 2. The highest BCUT2D eigenvalue weighted by Crippen LogP contribution is 2.34. The molecule has 2 aromatic rings. The zero-order chi connectivity index (χ0) is 19.7. The van der Waals surface area contributed by atoms with E-state index in [-0.39, 0.29) is 24.4 Å². The van der Waals surface area contributed by atoms with Crippen molar-refractivity contribution in [2.24, 2.45) is 0 Å². The summed E-state index contributed by atoms with van der Waals surface area (Å²) in [5, 5.41) is 3.98. The summed E-state index contributed by atoms with van der Waals surface area (Å²) in [6, 6.07) is 14.8. The zero-order valence-corrected chi connectivity index (χ0v) is 16.4. The maximum atomic E-state index is 13.2. The van der Waals surface area contributed by atoms with Crippen LogP contribution in [0, 0.1) is 0 Å². The maximum absolute atomic E-state index is 13.2. The second-order valence-corrected chi connectivity index (χ2v) is 7.45. The van der Waals surface area contributed by atoms with Gasteiger partial charge in [0, 0.05) is 24.7 Å². The number of hydrogen-bond acceptors (Lipinski definition) is 4. The van der Waals surface area contributed by atoms with Gasteiger partial charge in [0.25, 0.3) is 5.91 Å². The third kappa shape index (κ3) is 3.57. The molecular formula is C21H22ClN3O3. The Morgan fingerprint density at radius 1 is 1.25 bits per heavy atom. The lowest BCUT2D eigenvalue weighted by Crippen LogP contribution is -2.54. The molecule has 2 unspecified atom stereocenters. The molecule has 0 saturated carbocycles. The van der Waals surface area contributed by atoms with Crippen LogP contribution in [0.15, 0.2) is 48.5 Å². The number of anilines is 1. The van der Waals surface area contributed by atoms with Crippen LogP contribution in [-0.4, -0.2) is 49.0 Å². The average molecular weight is 400 g/mol. The summed E-state index contributed by atoms with van der Waals surface area (Å²) in [4.78, 5) is 29.3. The van der Waals surface area contributed by atoms with Gasteiger partial charge in [-0.15, -0.1) is 0 Å². The first kappa shape index (κ1) is 18.8. The topological polar surface area (TPSA) is 61.9 Å². The van der Waals surface area contributed by atoms with E-state index in [0.717, 1.165) is 5.56 Å². The lowest BCUT2D eigenvalue weighted by molar-refractivity contribution is -0.135. The first-order valence-electron chi connectivity index (χ1n) is 9.37. The molecule has 2 heterocycles. The first-order valence-corrected chi connectivity index (χ1v) is 9.75. The van der Waals surface area contributed by atoms with Crippen LogP contribution in [0.3, 0.4) is 0 Å². The molecule has 4 rings (SSSR count). The fourth-order valence-electron chi connectivity index (χ4n) is 3.76. The number of halogens is 1. The van der Waals surface area contributed by atoms with Crippen LogP contribution in [-0.2, 0) is 9.59 Å². The molecule has 1 saturated heterocycles. The molecule has 2 amide bonds. The van der Waals surface area contributed by atoms with Crippen molar-refractivity contribution < 1.29 is 14.3 Å². The highest BCUT2D eigenvalue weighted by atomic mass is 35.5. The predicted molar refractivity (Wildman–Crippen MR) is 108 cm³/mol. The van der Waals surface area contributed by atoms with Crippen molar-refractivity contribution in [3.8, 4) is 5.75 Å². The molecule has 2 aliphatic heterocycles. The maximum Gasteiger partial charge on any atom is 0.268 e. The Bertz CT molecular complexity index is 904. The quantitative estimate of drug-likeness (QED) is 0.861. The second-order valence-electron chi connectivity index (χ2n) is 7.01. The number of ether oxygens (including phenoxy) is 1. The number of para-hydroxylation sites is 2. The van der Waals surface area contributed by atoms with Gasteiger partial charge in [-0.05, 0) is 36.8 Å². The number of amides is 2. The Hall–Kier alpha value is -2.57. The van der Waals surface area contributed by atoms with Crippen molar-refractivity contribution in [3.05, 3.63) is 59.1 Å². The minimum atomic E-state index is -0.616. The van der Waals surface area contributed by atoms with Crippen LogP contribution < -0.4 is 15.0 Å². The van der Waals surface area contributed by atoms with E-state index in [0.29, 0.717) is 36.1 Å². The van der Waals surface area contributed by atoms with E-state index in [1.54, 1.807) is 13.0 Å². The fraction of sp³-hybridized carbons (Fsp3) is 0.333. The normalized spacial score (nSPS) is 21.9. The summed E-state index contributed by atoms with van der Waals surface area (Å²) in [7, 11) is 0. The van der Waals surface area contributed by atoms with Gasteiger partial charge in [0.2, 0.25) is 5.91 Å². The molecule has 2 atom stereocenters. The molecule has 7 heteroatoms. The number of fused-ring (bicyclic) bond motifs is 1. The minimum Gasteiger partial charge on any atom is -0.479 e. The highest BCUT2D eigenvalue weighted by molar-refractivity contribution is 6.30. The molecule has 0 bridgehead atoms. The van der Waals surface area contributed by atoms with Gasteiger partial charge in [0.15, 0.2) is 6.10 Å². The summed E-state index contributed by atoms with van der Waals surface area (Å²) in [5.74, 6) is 0.319. The van der Waals surface area contributed by atoms with Crippen molar-refractivity contribution in [2.75, 3.05) is 31.1 Å². The molecule has 1 fully saturated rings. The van der Waals surface area contributed by atoms with E-state index in [4.69, 9.17) is 16.3 Å². The number of piperazine rings is 1. The molecule has 0 radical (unpaired) electrons. The molecule has 2 aliphatic rings. The number of carbonyl (C=O) groups is 2. The van der Waals surface area contributed by atoms with E-state index in [1.807, 2.05) is 47.4 Å². The Morgan fingerprint density at radius 2 is 2.07 bits per heavy atom. The molecular weight excluding hydrogens is 378 g/mol. The lowest BCUT2D eigenvalue weighted by Gasteiger charge is -2.39. The SMILES string of the molecule is CC1Oc2ccccc2N(CC(=O)N2CCNCC2c2cccc(Cl)c2)C1=O. The van der Waals surface area contributed by atoms with Crippen LogP contribution in [0.25, 0.3) is 0 Å². The standard InChI is InChI=1S/C21H22ClN3O3/c1-14-21(27)25(17-7-2-3-8-19(17)28-14)13-20(26)24-10-9-23-12-18(24)15-5-4-6-16(22)11-15/h2-8,11,14,18,23H,9-10,12-13H2,1H3. The van der Waals surface area contributed by atoms with Gasteiger partial charge in [-0.25, -0.2) is 0 Å². The van der Waals surface area contributed by atoms with Gasteiger partial charge in [-0.1, -0.05) is 35.9 Å². The van der Waals surface area contributed by atoms with E-state index in [1.165, 1.54) is 4.90 Å².